The number of imidazole rings is 1. The molecule has 0 spiro atoms. The van der Waals surface area contributed by atoms with E-state index in [9.17, 15) is 9.59 Å². The maximum atomic E-state index is 12.5. The summed E-state index contributed by atoms with van der Waals surface area (Å²) in [4.78, 5) is 24.5. The van der Waals surface area contributed by atoms with Crippen molar-refractivity contribution >= 4 is 34.4 Å². The summed E-state index contributed by atoms with van der Waals surface area (Å²) in [6.45, 7) is 0. The molecule has 32 heavy (non-hydrogen) atoms. The molecule has 166 valence electrons. The van der Waals surface area contributed by atoms with E-state index in [1.165, 1.54) is 11.8 Å². The van der Waals surface area contributed by atoms with Crippen LogP contribution >= 0.6 is 11.8 Å². The molecule has 2 heterocycles. The summed E-state index contributed by atoms with van der Waals surface area (Å²) < 4.78 is 10.2. The lowest BCUT2D eigenvalue weighted by Crippen LogP contribution is -2.19. The number of nitrogens with one attached hydrogen (secondary N) is 1. The summed E-state index contributed by atoms with van der Waals surface area (Å²) in [6, 6.07) is 13.2. The number of fused-ring (bicyclic) bond motifs is 1. The van der Waals surface area contributed by atoms with Gasteiger partial charge in [0.2, 0.25) is 5.91 Å². The largest absolute Gasteiger partial charge is 0.497 e. The number of aryl methyl sites for hydroxylation is 2. The topological polar surface area (TPSA) is 96.0 Å². The average molecular weight is 453 g/mol. The van der Waals surface area contributed by atoms with E-state index < -0.39 is 0 Å². The summed E-state index contributed by atoms with van der Waals surface area (Å²) in [5.41, 5.74) is 3.21. The van der Waals surface area contributed by atoms with Crippen LogP contribution in [0.4, 0.5) is 5.69 Å². The fourth-order valence-electron chi connectivity index (χ4n) is 3.46. The molecule has 0 aliphatic carbocycles. The van der Waals surface area contributed by atoms with E-state index in [2.05, 4.69) is 15.5 Å². The molecule has 4 rings (SSSR count). The van der Waals surface area contributed by atoms with E-state index in [-0.39, 0.29) is 17.3 Å². The lowest BCUT2D eigenvalue weighted by molar-refractivity contribution is -0.113. The molecule has 0 aliphatic heterocycles. The van der Waals surface area contributed by atoms with Crippen LogP contribution in [0.2, 0.25) is 0 Å². The number of benzene rings is 2. The minimum atomic E-state index is -0.157. The third-order valence-corrected chi connectivity index (χ3v) is 6.35. The number of hydrogen-bond donors (Lipinski definition) is 1. The van der Waals surface area contributed by atoms with Gasteiger partial charge >= 0.3 is 5.69 Å². The van der Waals surface area contributed by atoms with E-state index in [0.29, 0.717) is 17.3 Å². The molecular formula is C22H24N6O3S. The Labute approximate surface area is 189 Å². The number of ether oxygens (including phenoxy) is 1. The van der Waals surface area contributed by atoms with Crippen LogP contribution in [0.5, 0.6) is 5.75 Å². The predicted molar refractivity (Wildman–Crippen MR) is 124 cm³/mol. The van der Waals surface area contributed by atoms with Crippen LogP contribution in [0.15, 0.2) is 52.4 Å². The first-order valence-electron chi connectivity index (χ1n) is 9.96. The molecule has 1 amide bonds. The summed E-state index contributed by atoms with van der Waals surface area (Å²) in [5, 5.41) is 12.0. The molecule has 0 saturated carbocycles. The van der Waals surface area contributed by atoms with Gasteiger partial charge in [-0.3, -0.25) is 13.9 Å². The van der Waals surface area contributed by atoms with Crippen molar-refractivity contribution in [2.75, 3.05) is 18.2 Å². The van der Waals surface area contributed by atoms with E-state index in [1.807, 2.05) is 41.9 Å². The van der Waals surface area contributed by atoms with Crippen LogP contribution in [0.25, 0.3) is 11.0 Å². The van der Waals surface area contributed by atoms with E-state index in [1.54, 1.807) is 42.5 Å². The van der Waals surface area contributed by atoms with Gasteiger partial charge in [0.15, 0.2) is 5.16 Å². The molecule has 2 aromatic heterocycles. The zero-order chi connectivity index (χ0) is 22.8. The Kier molecular flexibility index (Phi) is 6.04. The quantitative estimate of drug-likeness (QED) is 0.433. The highest BCUT2D eigenvalue weighted by Crippen LogP contribution is 2.21. The zero-order valence-corrected chi connectivity index (χ0v) is 19.1. The highest BCUT2D eigenvalue weighted by Gasteiger charge is 2.13. The number of hydrogen-bond acceptors (Lipinski definition) is 6. The fourth-order valence-corrected chi connectivity index (χ4v) is 4.19. The van der Waals surface area contributed by atoms with Crippen molar-refractivity contribution in [2.45, 2.75) is 11.6 Å². The van der Waals surface area contributed by atoms with Crippen LogP contribution < -0.4 is 15.7 Å². The number of methoxy groups -OCH3 is 1. The van der Waals surface area contributed by atoms with Crippen molar-refractivity contribution < 1.29 is 9.53 Å². The molecule has 0 aliphatic rings. The Balaban J connectivity index is 1.38. The van der Waals surface area contributed by atoms with Gasteiger partial charge in [0.1, 0.15) is 11.6 Å². The zero-order valence-electron chi connectivity index (χ0n) is 18.3. The fraction of sp³-hybridized carbons (Fsp3) is 0.273. The van der Waals surface area contributed by atoms with Crippen molar-refractivity contribution in [1.29, 1.82) is 0 Å². The van der Waals surface area contributed by atoms with Crippen LogP contribution in [0.1, 0.15) is 11.4 Å². The Morgan fingerprint density at radius 2 is 1.72 bits per heavy atom. The van der Waals surface area contributed by atoms with Crippen LogP contribution in [-0.2, 0) is 32.4 Å². The number of carbonyl (C=O) groups is 1. The first kappa shape index (κ1) is 21.7. The van der Waals surface area contributed by atoms with Gasteiger partial charge in [0.25, 0.3) is 0 Å². The van der Waals surface area contributed by atoms with Gasteiger partial charge in [0.05, 0.1) is 23.9 Å². The van der Waals surface area contributed by atoms with Crippen LogP contribution in [0, 0.1) is 0 Å². The molecule has 2 aromatic carbocycles. The van der Waals surface area contributed by atoms with Crippen molar-refractivity contribution in [1.82, 2.24) is 23.9 Å². The predicted octanol–water partition coefficient (Wildman–Crippen LogP) is 2.34. The van der Waals surface area contributed by atoms with Gasteiger partial charge in [-0.05, 0) is 35.9 Å². The maximum Gasteiger partial charge on any atom is 0.328 e. The molecule has 0 atom stereocenters. The van der Waals surface area contributed by atoms with Crippen molar-refractivity contribution in [3.63, 3.8) is 0 Å². The molecule has 4 aromatic rings. The highest BCUT2D eigenvalue weighted by atomic mass is 32.2. The van der Waals surface area contributed by atoms with Gasteiger partial charge < -0.3 is 14.6 Å². The summed E-state index contributed by atoms with van der Waals surface area (Å²) >= 11 is 1.32. The van der Waals surface area contributed by atoms with Gasteiger partial charge in [-0.2, -0.15) is 0 Å². The lowest BCUT2D eigenvalue weighted by atomic mass is 10.1. The standard InChI is InChI=1S/C22H24N6O3S/c1-26-17-10-7-15(12-18(17)27(2)22(26)30)23-20(29)13-32-21-25-24-19(28(21)3)11-14-5-8-16(31-4)9-6-14/h5-10,12H,11,13H2,1-4H3,(H,23,29). The van der Waals surface area contributed by atoms with Crippen LogP contribution in [-0.4, -0.2) is 42.7 Å². The molecule has 0 unspecified atom stereocenters. The normalized spacial score (nSPS) is 11.1. The molecule has 0 saturated heterocycles. The number of aromatic nitrogens is 5. The molecule has 9 nitrogen and oxygen atoms in total. The minimum absolute atomic E-state index is 0.105. The van der Waals surface area contributed by atoms with Gasteiger partial charge in [-0.15, -0.1) is 10.2 Å². The van der Waals surface area contributed by atoms with Crippen molar-refractivity contribution in [3.05, 3.63) is 64.3 Å². The number of anilines is 1. The maximum absolute atomic E-state index is 12.5. The number of carbonyl (C=O) groups excluding carboxylic acids is 1. The first-order valence-corrected chi connectivity index (χ1v) is 10.9. The SMILES string of the molecule is COc1ccc(Cc2nnc(SCC(=O)Nc3ccc4c(c3)n(C)c(=O)n4C)n2C)cc1. The van der Waals surface area contributed by atoms with Crippen LogP contribution in [0.3, 0.4) is 0 Å². The molecule has 0 radical (unpaired) electrons. The second kappa shape index (κ2) is 8.91. The van der Waals surface area contributed by atoms with Gasteiger partial charge in [-0.25, -0.2) is 4.79 Å². The molecule has 1 N–H and O–H groups in total. The highest BCUT2D eigenvalue weighted by molar-refractivity contribution is 7.99. The number of rotatable bonds is 7. The third kappa shape index (κ3) is 4.26. The second-order valence-electron chi connectivity index (χ2n) is 7.42. The molecular weight excluding hydrogens is 428 g/mol. The smallest absolute Gasteiger partial charge is 0.328 e. The summed E-state index contributed by atoms with van der Waals surface area (Å²) in [5.74, 6) is 1.66. The molecule has 0 fully saturated rings. The Morgan fingerprint density at radius 1 is 1.00 bits per heavy atom. The molecule has 10 heteroatoms. The Bertz CT molecular complexity index is 1340. The Hall–Kier alpha value is -3.53. The summed E-state index contributed by atoms with van der Waals surface area (Å²) in [6.07, 6.45) is 0.635. The first-order chi connectivity index (χ1) is 15.4. The number of nitrogens with zero attached hydrogens (tertiary/aromatic N) is 5. The summed E-state index contributed by atoms with van der Waals surface area (Å²) in [7, 11) is 6.97. The average Bonchev–Trinajstić information content (AvgIpc) is 3.25. The second-order valence-corrected chi connectivity index (χ2v) is 8.37. The van der Waals surface area contributed by atoms with Gasteiger partial charge in [-0.1, -0.05) is 23.9 Å². The van der Waals surface area contributed by atoms with Crippen molar-refractivity contribution in [3.8, 4) is 5.75 Å². The number of amides is 1. The van der Waals surface area contributed by atoms with Gasteiger partial charge in [0, 0.05) is 33.3 Å². The molecule has 0 bridgehead atoms. The number of thioether (sulfide) groups is 1. The van der Waals surface area contributed by atoms with E-state index >= 15 is 0 Å². The van der Waals surface area contributed by atoms with E-state index in [4.69, 9.17) is 4.74 Å². The van der Waals surface area contributed by atoms with Crippen molar-refractivity contribution in [2.24, 2.45) is 21.1 Å². The van der Waals surface area contributed by atoms with E-state index in [0.717, 1.165) is 28.2 Å². The third-order valence-electron chi connectivity index (χ3n) is 5.33. The lowest BCUT2D eigenvalue weighted by Gasteiger charge is -2.07. The monoisotopic (exact) mass is 452 g/mol. The Morgan fingerprint density at radius 3 is 2.44 bits per heavy atom. The minimum Gasteiger partial charge on any atom is -0.497 e.